The van der Waals surface area contributed by atoms with Gasteiger partial charge in [0.05, 0.1) is 22.1 Å². The van der Waals surface area contributed by atoms with Crippen molar-refractivity contribution >= 4 is 66.4 Å². The van der Waals surface area contributed by atoms with Gasteiger partial charge in [0, 0.05) is 50.0 Å². The molecule has 0 spiro atoms. The molecule has 360 valence electrons. The van der Waals surface area contributed by atoms with Gasteiger partial charge in [0.25, 0.3) is 0 Å². The van der Waals surface area contributed by atoms with Crippen molar-refractivity contribution in [1.29, 1.82) is 0 Å². The topological polar surface area (TPSA) is 13.1 Å². The summed E-state index contributed by atoms with van der Waals surface area (Å²) in [4.78, 5) is 2.36. The third kappa shape index (κ3) is 8.21. The molecule has 3 heteroatoms. The van der Waals surface area contributed by atoms with Gasteiger partial charge in [0.2, 0.25) is 0 Å². The maximum absolute atomic E-state index is 4.24. The molecule has 0 amide bonds. The molecule has 0 atom stereocenters. The zero-order chi connectivity index (χ0) is 51.0. The molecule has 0 N–H and O–H groups in total. The number of nitrogens with zero attached hydrogens (tertiary/aromatic N) is 3. The summed E-state index contributed by atoms with van der Waals surface area (Å²) in [6.45, 7) is 6.28. The highest BCUT2D eigenvalue weighted by atomic mass is 15.1. The predicted octanol–water partition coefficient (Wildman–Crippen LogP) is 20.3. The Balaban J connectivity index is 0.987. The molecule has 0 bridgehead atoms. The van der Waals surface area contributed by atoms with E-state index in [2.05, 4.69) is 306 Å². The van der Waals surface area contributed by atoms with E-state index in [9.17, 15) is 0 Å². The Labute approximate surface area is 444 Å². The normalized spacial score (nSPS) is 11.8. The fraction of sp³-hybridized carbons (Fsp3) is 0.0137. The standard InChI is InChI=1S/C73H53N3/c1-3-5-25-58(4-2)75-71-34-17-14-29-67(71)68-50-57(41-48-72(68)75)64-31-19-30-63(56-24-18-26-62(49-56)76-69-32-15-12-27-65(69)66-28-13-16-33-70(66)76)73(64)55-39-46-61(47-40-55)74(59-42-35-53(36-43-59)51-20-8-6-9-21-51)60-44-37-54(38-45-60)52-22-10-7-11-23-52/h3-50H,2H2,1H3/b5-3-,58-25+. The van der Waals surface area contributed by atoms with E-state index in [4.69, 9.17) is 0 Å². The minimum atomic E-state index is 1.02. The van der Waals surface area contributed by atoms with Crippen molar-refractivity contribution in [2.45, 2.75) is 6.92 Å². The van der Waals surface area contributed by atoms with Crippen molar-refractivity contribution < 1.29 is 0 Å². The summed E-state index contributed by atoms with van der Waals surface area (Å²) >= 11 is 0. The molecule has 0 fully saturated rings. The Kier molecular flexibility index (Phi) is 12.0. The van der Waals surface area contributed by atoms with Crippen LogP contribution in [0.5, 0.6) is 0 Å². The van der Waals surface area contributed by atoms with Crippen LogP contribution >= 0.6 is 0 Å². The molecule has 0 aliphatic rings. The number of rotatable bonds is 12. The number of para-hydroxylation sites is 3. The predicted molar refractivity (Wildman–Crippen MR) is 325 cm³/mol. The molecule has 0 saturated heterocycles. The molecule has 0 radical (unpaired) electrons. The summed E-state index contributed by atoms with van der Waals surface area (Å²) in [6, 6.07) is 97.2. The highest BCUT2D eigenvalue weighted by molar-refractivity contribution is 6.13. The van der Waals surface area contributed by atoms with Gasteiger partial charge in [-0.15, -0.1) is 0 Å². The number of hydrogen-bond acceptors (Lipinski definition) is 1. The van der Waals surface area contributed by atoms with Crippen LogP contribution in [0.3, 0.4) is 0 Å². The molecule has 0 saturated carbocycles. The van der Waals surface area contributed by atoms with Crippen molar-refractivity contribution in [2.75, 3.05) is 4.90 Å². The van der Waals surface area contributed by atoms with Crippen LogP contribution in [0.4, 0.5) is 17.1 Å². The molecule has 2 aromatic heterocycles. The third-order valence-corrected chi connectivity index (χ3v) is 14.8. The fourth-order valence-electron chi connectivity index (χ4n) is 11.3. The second kappa shape index (κ2) is 19.8. The van der Waals surface area contributed by atoms with Gasteiger partial charge in [0.15, 0.2) is 0 Å². The van der Waals surface area contributed by atoms with E-state index in [1.165, 1.54) is 60.4 Å². The smallest absolute Gasteiger partial charge is 0.0541 e. The number of benzene rings is 11. The van der Waals surface area contributed by atoms with Crippen LogP contribution in [-0.4, -0.2) is 9.13 Å². The van der Waals surface area contributed by atoms with Crippen molar-refractivity contribution in [3.63, 3.8) is 0 Å². The summed E-state index contributed by atoms with van der Waals surface area (Å²) in [5.41, 5.74) is 21.7. The van der Waals surface area contributed by atoms with Gasteiger partial charge >= 0.3 is 0 Å². The maximum atomic E-state index is 4.24. The highest BCUT2D eigenvalue weighted by Crippen LogP contribution is 2.45. The highest BCUT2D eigenvalue weighted by Gasteiger charge is 2.21. The molecule has 13 aromatic rings. The van der Waals surface area contributed by atoms with E-state index >= 15 is 0 Å². The van der Waals surface area contributed by atoms with E-state index in [-0.39, 0.29) is 0 Å². The van der Waals surface area contributed by atoms with Gasteiger partial charge in [0.1, 0.15) is 0 Å². The Morgan fingerprint density at radius 3 is 1.33 bits per heavy atom. The van der Waals surface area contributed by atoms with Crippen molar-refractivity contribution in [3.8, 4) is 61.3 Å². The average Bonchev–Trinajstić information content (AvgIpc) is 4.02. The van der Waals surface area contributed by atoms with Crippen molar-refractivity contribution in [1.82, 2.24) is 9.13 Å². The fourth-order valence-corrected chi connectivity index (χ4v) is 11.3. The van der Waals surface area contributed by atoms with E-state index in [1.54, 1.807) is 0 Å². The summed E-state index contributed by atoms with van der Waals surface area (Å²) < 4.78 is 4.74. The lowest BCUT2D eigenvalue weighted by Crippen LogP contribution is -2.09. The minimum absolute atomic E-state index is 1.02. The van der Waals surface area contributed by atoms with Gasteiger partial charge in [-0.25, -0.2) is 0 Å². The molecule has 11 aromatic carbocycles. The molecule has 0 unspecified atom stereocenters. The number of allylic oxidation sites excluding steroid dienone is 5. The minimum Gasteiger partial charge on any atom is -0.311 e. The van der Waals surface area contributed by atoms with Gasteiger partial charge < -0.3 is 14.0 Å². The molecule has 76 heavy (non-hydrogen) atoms. The first-order valence-corrected chi connectivity index (χ1v) is 26.1. The molecule has 3 nitrogen and oxygen atoms in total. The van der Waals surface area contributed by atoms with Crippen LogP contribution in [-0.2, 0) is 0 Å². The molecule has 0 aliphatic heterocycles. The van der Waals surface area contributed by atoms with E-state index in [0.29, 0.717) is 0 Å². The molecular weight excluding hydrogens is 919 g/mol. The van der Waals surface area contributed by atoms with E-state index < -0.39 is 0 Å². The summed E-state index contributed by atoms with van der Waals surface area (Å²) in [7, 11) is 0. The first-order valence-electron chi connectivity index (χ1n) is 26.1. The SMILES string of the molecule is C=C/C(=C\C=C/C)n1c2ccccc2c2cc(-c3cccc(-c4cccc(-n5c6ccccc6c6ccccc65)c4)c3-c3ccc(N(c4ccc(-c5ccccc5)cc4)c4ccc(-c5ccccc5)cc4)cc3)ccc21. The summed E-state index contributed by atoms with van der Waals surface area (Å²) in [5.74, 6) is 0. The van der Waals surface area contributed by atoms with Crippen LogP contribution in [0.2, 0.25) is 0 Å². The first-order chi connectivity index (χ1) is 37.6. The lowest BCUT2D eigenvalue weighted by atomic mass is 9.87. The van der Waals surface area contributed by atoms with Crippen molar-refractivity contribution in [3.05, 3.63) is 298 Å². The zero-order valence-corrected chi connectivity index (χ0v) is 42.3. The Morgan fingerprint density at radius 1 is 0.368 bits per heavy atom. The van der Waals surface area contributed by atoms with E-state index in [0.717, 1.165) is 67.3 Å². The molecular formula is C73H53N3. The zero-order valence-electron chi connectivity index (χ0n) is 42.3. The number of anilines is 3. The Morgan fingerprint density at radius 2 is 0.789 bits per heavy atom. The van der Waals surface area contributed by atoms with Crippen LogP contribution in [0.25, 0.3) is 111 Å². The largest absolute Gasteiger partial charge is 0.311 e. The quantitative estimate of drug-likeness (QED) is 0.111. The Hall–Kier alpha value is -9.96. The lowest BCUT2D eigenvalue weighted by molar-refractivity contribution is 1.18. The average molecular weight is 972 g/mol. The van der Waals surface area contributed by atoms with Gasteiger partial charge in [-0.1, -0.05) is 207 Å². The van der Waals surface area contributed by atoms with Gasteiger partial charge in [-0.2, -0.15) is 0 Å². The summed E-state index contributed by atoms with van der Waals surface area (Å²) in [5, 5.41) is 4.87. The van der Waals surface area contributed by atoms with Gasteiger partial charge in [-0.3, -0.25) is 0 Å². The molecule has 0 aliphatic carbocycles. The first kappa shape index (κ1) is 45.9. The van der Waals surface area contributed by atoms with Crippen molar-refractivity contribution in [2.24, 2.45) is 0 Å². The monoisotopic (exact) mass is 971 g/mol. The van der Waals surface area contributed by atoms with E-state index in [1.807, 2.05) is 13.0 Å². The second-order valence-electron chi connectivity index (χ2n) is 19.3. The summed E-state index contributed by atoms with van der Waals surface area (Å²) in [6.07, 6.45) is 8.21. The molecule has 2 heterocycles. The number of hydrogen-bond donors (Lipinski definition) is 0. The number of aromatic nitrogens is 2. The maximum Gasteiger partial charge on any atom is 0.0541 e. The lowest BCUT2D eigenvalue weighted by Gasteiger charge is -2.26. The third-order valence-electron chi connectivity index (χ3n) is 14.8. The van der Waals surface area contributed by atoms with Crippen LogP contribution in [0.15, 0.2) is 298 Å². The molecule has 13 rings (SSSR count). The van der Waals surface area contributed by atoms with Crippen LogP contribution < -0.4 is 4.90 Å². The van der Waals surface area contributed by atoms with Crippen LogP contribution in [0, 0.1) is 0 Å². The Bertz CT molecular complexity index is 4190. The number of fused-ring (bicyclic) bond motifs is 6. The second-order valence-corrected chi connectivity index (χ2v) is 19.3. The van der Waals surface area contributed by atoms with Crippen LogP contribution in [0.1, 0.15) is 6.92 Å². The van der Waals surface area contributed by atoms with Gasteiger partial charge in [-0.05, 0) is 154 Å².